The molecule has 0 bridgehead atoms. The molecule has 0 saturated carbocycles. The third-order valence-electron chi connectivity index (χ3n) is 6.01. The first-order valence-electron chi connectivity index (χ1n) is 12.6. The van der Waals surface area contributed by atoms with Crippen LogP contribution in [0.2, 0.25) is 0 Å². The number of rotatable bonds is 15. The van der Waals surface area contributed by atoms with Crippen molar-refractivity contribution in [3.05, 3.63) is 65.2 Å². The molecule has 0 saturated heterocycles. The van der Waals surface area contributed by atoms with Crippen LogP contribution >= 0.6 is 0 Å². The van der Waals surface area contributed by atoms with Gasteiger partial charge in [-0.15, -0.1) is 0 Å². The third kappa shape index (κ3) is 10.2. The maximum absolute atomic E-state index is 12.4. The highest BCUT2D eigenvalue weighted by Gasteiger charge is 2.12. The molecule has 2 aromatic rings. The molecule has 1 unspecified atom stereocenters. The first-order chi connectivity index (χ1) is 16.0. The van der Waals surface area contributed by atoms with Crippen LogP contribution in [0.15, 0.2) is 48.5 Å². The van der Waals surface area contributed by atoms with Crippen molar-refractivity contribution >= 4 is 11.9 Å². The van der Waals surface area contributed by atoms with Crippen molar-refractivity contribution in [2.24, 2.45) is 5.92 Å². The Balaban J connectivity index is 1.73. The van der Waals surface area contributed by atoms with E-state index in [0.717, 1.165) is 12.8 Å². The molecule has 1 atom stereocenters. The number of esters is 2. The Bertz CT molecular complexity index is 824. The molecule has 180 valence electrons. The molecular weight excluding hydrogens is 412 g/mol. The van der Waals surface area contributed by atoms with Gasteiger partial charge in [-0.3, -0.25) is 0 Å². The monoisotopic (exact) mass is 452 g/mol. The predicted molar refractivity (Wildman–Crippen MR) is 134 cm³/mol. The maximum Gasteiger partial charge on any atom is 0.343 e. The van der Waals surface area contributed by atoms with Crippen molar-refractivity contribution in [2.75, 3.05) is 6.61 Å². The molecule has 0 aromatic heterocycles. The topological polar surface area (TPSA) is 52.6 Å². The highest BCUT2D eigenvalue weighted by molar-refractivity contribution is 5.92. The molecule has 0 spiro atoms. The van der Waals surface area contributed by atoms with Crippen molar-refractivity contribution in [3.8, 4) is 5.75 Å². The maximum atomic E-state index is 12.4. The molecule has 0 heterocycles. The summed E-state index contributed by atoms with van der Waals surface area (Å²) in [6, 6.07) is 14.1. The Morgan fingerprint density at radius 1 is 0.727 bits per heavy atom. The van der Waals surface area contributed by atoms with Gasteiger partial charge < -0.3 is 9.47 Å². The van der Waals surface area contributed by atoms with Gasteiger partial charge in [0.15, 0.2) is 0 Å². The second-order valence-electron chi connectivity index (χ2n) is 8.95. The molecule has 33 heavy (non-hydrogen) atoms. The van der Waals surface area contributed by atoms with Crippen LogP contribution in [0.25, 0.3) is 0 Å². The smallest absolute Gasteiger partial charge is 0.343 e. The summed E-state index contributed by atoms with van der Waals surface area (Å²) >= 11 is 0. The standard InChI is InChI=1S/C29H40O4/c1-4-6-7-8-9-10-11-12-13-24-14-16-26(17-15-24)29(31)33-27-20-18-25(19-21-27)28(30)32-22-23(3)5-2/h14-21,23H,4-13,22H2,1-3H3. The third-order valence-corrected chi connectivity index (χ3v) is 6.01. The molecule has 0 radical (unpaired) electrons. The summed E-state index contributed by atoms with van der Waals surface area (Å²) in [5, 5.41) is 0. The van der Waals surface area contributed by atoms with E-state index >= 15 is 0 Å². The minimum absolute atomic E-state index is 0.334. The summed E-state index contributed by atoms with van der Waals surface area (Å²) < 4.78 is 10.7. The second-order valence-corrected chi connectivity index (χ2v) is 8.95. The molecule has 0 amide bonds. The van der Waals surface area contributed by atoms with Crippen LogP contribution < -0.4 is 4.74 Å². The zero-order chi connectivity index (χ0) is 23.9. The van der Waals surface area contributed by atoms with Crippen LogP contribution in [0.1, 0.15) is 105 Å². The SMILES string of the molecule is CCCCCCCCCCc1ccc(C(=O)Oc2ccc(C(=O)OCC(C)CC)cc2)cc1. The van der Waals surface area contributed by atoms with Crippen molar-refractivity contribution in [3.63, 3.8) is 0 Å². The largest absolute Gasteiger partial charge is 0.462 e. The Kier molecular flexibility index (Phi) is 12.3. The molecule has 4 nitrogen and oxygen atoms in total. The van der Waals surface area contributed by atoms with Crippen molar-refractivity contribution in [1.29, 1.82) is 0 Å². The van der Waals surface area contributed by atoms with Crippen LogP contribution in [-0.2, 0) is 11.2 Å². The zero-order valence-electron chi connectivity index (χ0n) is 20.6. The van der Waals surface area contributed by atoms with Gasteiger partial charge in [0, 0.05) is 0 Å². The van der Waals surface area contributed by atoms with Gasteiger partial charge in [-0.25, -0.2) is 9.59 Å². The summed E-state index contributed by atoms with van der Waals surface area (Å²) in [4.78, 5) is 24.5. The summed E-state index contributed by atoms with van der Waals surface area (Å²) in [5.41, 5.74) is 2.22. The van der Waals surface area contributed by atoms with Crippen LogP contribution in [0.4, 0.5) is 0 Å². The molecule has 0 N–H and O–H groups in total. The summed E-state index contributed by atoms with van der Waals surface area (Å²) in [7, 11) is 0. The van der Waals surface area contributed by atoms with Crippen molar-refractivity contribution in [2.45, 2.75) is 85.0 Å². The lowest BCUT2D eigenvalue weighted by molar-refractivity contribution is 0.0447. The zero-order valence-corrected chi connectivity index (χ0v) is 20.6. The van der Waals surface area contributed by atoms with E-state index in [0.29, 0.717) is 29.4 Å². The summed E-state index contributed by atoms with van der Waals surface area (Å²) in [6.45, 7) is 6.75. The Labute approximate surface area is 199 Å². The average Bonchev–Trinajstić information content (AvgIpc) is 2.84. The lowest BCUT2D eigenvalue weighted by Gasteiger charge is -2.10. The Morgan fingerprint density at radius 2 is 1.27 bits per heavy atom. The Morgan fingerprint density at radius 3 is 1.88 bits per heavy atom. The predicted octanol–water partition coefficient (Wildman–Crippen LogP) is 7.79. The Hall–Kier alpha value is -2.62. The molecule has 0 aliphatic heterocycles. The molecule has 2 aromatic carbocycles. The molecular formula is C29H40O4. The number of carbonyl (C=O) groups excluding carboxylic acids is 2. The van der Waals surface area contributed by atoms with Gasteiger partial charge in [-0.05, 0) is 60.7 Å². The van der Waals surface area contributed by atoms with Gasteiger partial charge in [0.25, 0.3) is 0 Å². The number of unbranched alkanes of at least 4 members (excludes halogenated alkanes) is 7. The van der Waals surface area contributed by atoms with E-state index in [2.05, 4.69) is 13.8 Å². The minimum atomic E-state index is -0.402. The van der Waals surface area contributed by atoms with E-state index in [9.17, 15) is 9.59 Å². The van der Waals surface area contributed by atoms with E-state index in [1.807, 2.05) is 31.2 Å². The normalized spacial score (nSPS) is 11.7. The molecule has 0 aliphatic rings. The fourth-order valence-electron chi connectivity index (χ4n) is 3.51. The highest BCUT2D eigenvalue weighted by atomic mass is 16.5. The van der Waals surface area contributed by atoms with E-state index in [-0.39, 0.29) is 5.97 Å². The van der Waals surface area contributed by atoms with E-state index in [1.54, 1.807) is 24.3 Å². The van der Waals surface area contributed by atoms with Crippen molar-refractivity contribution < 1.29 is 19.1 Å². The van der Waals surface area contributed by atoms with Gasteiger partial charge in [-0.1, -0.05) is 84.3 Å². The molecule has 0 aliphatic carbocycles. The van der Waals surface area contributed by atoms with Crippen LogP contribution in [0, 0.1) is 5.92 Å². The van der Waals surface area contributed by atoms with Gasteiger partial charge >= 0.3 is 11.9 Å². The number of ether oxygens (including phenoxy) is 2. The minimum Gasteiger partial charge on any atom is -0.462 e. The summed E-state index contributed by atoms with van der Waals surface area (Å²) in [5.74, 6) is -0.0247. The average molecular weight is 453 g/mol. The van der Waals surface area contributed by atoms with Gasteiger partial charge in [0.05, 0.1) is 17.7 Å². The lowest BCUT2D eigenvalue weighted by Crippen LogP contribution is -2.12. The number of hydrogen-bond acceptors (Lipinski definition) is 4. The van der Waals surface area contributed by atoms with Crippen molar-refractivity contribution in [1.82, 2.24) is 0 Å². The van der Waals surface area contributed by atoms with Gasteiger partial charge in [-0.2, -0.15) is 0 Å². The van der Waals surface area contributed by atoms with E-state index < -0.39 is 5.97 Å². The van der Waals surface area contributed by atoms with E-state index in [1.165, 1.54) is 56.9 Å². The van der Waals surface area contributed by atoms with Gasteiger partial charge in [0.1, 0.15) is 5.75 Å². The van der Waals surface area contributed by atoms with Crippen LogP contribution in [0.3, 0.4) is 0 Å². The quantitative estimate of drug-likeness (QED) is 0.157. The summed E-state index contributed by atoms with van der Waals surface area (Å²) in [6.07, 6.45) is 12.5. The molecule has 0 fully saturated rings. The van der Waals surface area contributed by atoms with Crippen LogP contribution in [-0.4, -0.2) is 18.5 Å². The number of aryl methyl sites for hydroxylation is 1. The molecule has 2 rings (SSSR count). The highest BCUT2D eigenvalue weighted by Crippen LogP contribution is 2.17. The van der Waals surface area contributed by atoms with Gasteiger partial charge in [0.2, 0.25) is 0 Å². The number of carbonyl (C=O) groups is 2. The van der Waals surface area contributed by atoms with E-state index in [4.69, 9.17) is 9.47 Å². The number of hydrogen-bond donors (Lipinski definition) is 0. The fraction of sp³-hybridized carbons (Fsp3) is 0.517. The second kappa shape index (κ2) is 15.3. The van der Waals surface area contributed by atoms with Crippen LogP contribution in [0.5, 0.6) is 5.75 Å². The first kappa shape index (κ1) is 26.6. The molecule has 4 heteroatoms. The first-order valence-corrected chi connectivity index (χ1v) is 12.6. The number of benzene rings is 2. The fourth-order valence-corrected chi connectivity index (χ4v) is 3.51. The lowest BCUT2D eigenvalue weighted by atomic mass is 10.0.